The Morgan fingerprint density at radius 1 is 1.30 bits per heavy atom. The Hall–Kier alpha value is -2.01. The number of aromatic nitrogens is 1. The number of aliphatic carboxylic acids is 1. The number of carboxylic acids is 1. The number of hydrogen-bond donors (Lipinski definition) is 2. The fourth-order valence-electron chi connectivity index (χ4n) is 2.53. The summed E-state index contributed by atoms with van der Waals surface area (Å²) < 4.78 is 1.94. The first-order valence-electron chi connectivity index (χ1n) is 7.63. The molecule has 2 N–H and O–H groups in total. The highest BCUT2D eigenvalue weighted by atomic mass is 35.5. The summed E-state index contributed by atoms with van der Waals surface area (Å²) in [6.07, 6.45) is 2.54. The van der Waals surface area contributed by atoms with Gasteiger partial charge in [0.05, 0.1) is 0 Å². The Kier molecular flexibility index (Phi) is 5.66. The molecule has 5 nitrogen and oxygen atoms in total. The van der Waals surface area contributed by atoms with Gasteiger partial charge in [0.1, 0.15) is 6.04 Å². The number of amides is 1. The van der Waals surface area contributed by atoms with Gasteiger partial charge in [0, 0.05) is 29.7 Å². The molecule has 1 heterocycles. The van der Waals surface area contributed by atoms with Gasteiger partial charge in [-0.1, -0.05) is 31.5 Å². The summed E-state index contributed by atoms with van der Waals surface area (Å²) in [5, 5.41) is 13.4. The average molecular weight is 337 g/mol. The van der Waals surface area contributed by atoms with E-state index in [2.05, 4.69) is 5.32 Å². The van der Waals surface area contributed by atoms with Crippen molar-refractivity contribution < 1.29 is 14.7 Å². The molecule has 1 amide bonds. The molecule has 0 fully saturated rings. The quantitative estimate of drug-likeness (QED) is 0.815. The number of carbonyl (C=O) groups is 2. The third-order valence-corrected chi connectivity index (χ3v) is 3.89. The lowest BCUT2D eigenvalue weighted by atomic mass is 10.0. The molecule has 0 saturated heterocycles. The number of fused-ring (bicyclic) bond motifs is 1. The van der Waals surface area contributed by atoms with Gasteiger partial charge in [-0.2, -0.15) is 0 Å². The van der Waals surface area contributed by atoms with Gasteiger partial charge in [-0.25, -0.2) is 4.79 Å². The van der Waals surface area contributed by atoms with E-state index in [4.69, 9.17) is 16.7 Å². The van der Waals surface area contributed by atoms with Crippen molar-refractivity contribution in [1.82, 2.24) is 9.88 Å². The second-order valence-electron chi connectivity index (χ2n) is 6.05. The lowest BCUT2D eigenvalue weighted by Crippen LogP contribution is -2.41. The summed E-state index contributed by atoms with van der Waals surface area (Å²) in [6, 6.07) is 6.73. The van der Waals surface area contributed by atoms with E-state index >= 15 is 0 Å². The number of halogens is 1. The average Bonchev–Trinajstić information content (AvgIpc) is 2.86. The van der Waals surface area contributed by atoms with Crippen molar-refractivity contribution in [1.29, 1.82) is 0 Å². The van der Waals surface area contributed by atoms with Crippen molar-refractivity contribution >= 4 is 34.4 Å². The first-order valence-corrected chi connectivity index (χ1v) is 8.01. The number of rotatable bonds is 7. The smallest absolute Gasteiger partial charge is 0.326 e. The molecular formula is C17H21ClN2O3. The Bertz CT molecular complexity index is 709. The minimum atomic E-state index is -0.995. The number of nitrogens with zero attached hydrogens (tertiary/aromatic N) is 1. The molecule has 1 aromatic heterocycles. The molecule has 0 aliphatic carbocycles. The standard InChI is InChI=1S/C17H21ClN2O3/c1-11(2)9-14(17(22)23)19-16(21)6-8-20-7-5-12-3-4-13(18)10-15(12)20/h3-5,7,10-11,14H,6,8-9H2,1-2H3,(H,19,21)(H,22,23). The molecule has 0 aliphatic heterocycles. The van der Waals surface area contributed by atoms with Crippen LogP contribution in [0.3, 0.4) is 0 Å². The zero-order chi connectivity index (χ0) is 17.0. The third kappa shape index (κ3) is 4.73. The van der Waals surface area contributed by atoms with Gasteiger partial charge in [-0.05, 0) is 35.9 Å². The highest BCUT2D eigenvalue weighted by Crippen LogP contribution is 2.20. The second-order valence-corrected chi connectivity index (χ2v) is 6.49. The maximum absolute atomic E-state index is 12.0. The minimum Gasteiger partial charge on any atom is -0.480 e. The summed E-state index contributed by atoms with van der Waals surface area (Å²) in [5.74, 6) is -1.06. The predicted octanol–water partition coefficient (Wildman–Crippen LogP) is 3.30. The van der Waals surface area contributed by atoms with E-state index in [1.165, 1.54) is 0 Å². The van der Waals surface area contributed by atoms with Gasteiger partial charge in [-0.15, -0.1) is 0 Å². The molecule has 0 aliphatic rings. The van der Waals surface area contributed by atoms with E-state index in [-0.39, 0.29) is 18.2 Å². The van der Waals surface area contributed by atoms with Crippen LogP contribution in [0.25, 0.3) is 10.9 Å². The molecule has 6 heteroatoms. The van der Waals surface area contributed by atoms with Crippen molar-refractivity contribution in [3.05, 3.63) is 35.5 Å². The number of aryl methyl sites for hydroxylation is 1. The topological polar surface area (TPSA) is 71.3 Å². The fourth-order valence-corrected chi connectivity index (χ4v) is 2.70. The lowest BCUT2D eigenvalue weighted by Gasteiger charge is -2.16. The van der Waals surface area contributed by atoms with Crippen LogP contribution < -0.4 is 5.32 Å². The summed E-state index contributed by atoms with van der Waals surface area (Å²) in [4.78, 5) is 23.2. The van der Waals surface area contributed by atoms with E-state index in [1.807, 2.05) is 48.9 Å². The van der Waals surface area contributed by atoms with Gasteiger partial charge in [0.15, 0.2) is 0 Å². The van der Waals surface area contributed by atoms with Crippen LogP contribution in [0.1, 0.15) is 26.7 Å². The van der Waals surface area contributed by atoms with Crippen LogP contribution in [0, 0.1) is 5.92 Å². The van der Waals surface area contributed by atoms with Crippen LogP contribution in [-0.4, -0.2) is 27.6 Å². The molecule has 1 aromatic carbocycles. The monoisotopic (exact) mass is 336 g/mol. The number of carbonyl (C=O) groups excluding carboxylic acids is 1. The van der Waals surface area contributed by atoms with Gasteiger partial charge >= 0.3 is 5.97 Å². The van der Waals surface area contributed by atoms with Gasteiger partial charge in [-0.3, -0.25) is 4.79 Å². The Morgan fingerprint density at radius 2 is 2.04 bits per heavy atom. The third-order valence-electron chi connectivity index (χ3n) is 3.66. The molecule has 0 bridgehead atoms. The lowest BCUT2D eigenvalue weighted by molar-refractivity contribution is -0.142. The highest BCUT2D eigenvalue weighted by molar-refractivity contribution is 6.31. The number of nitrogens with one attached hydrogen (secondary N) is 1. The summed E-state index contributed by atoms with van der Waals surface area (Å²) in [6.45, 7) is 4.33. The second kappa shape index (κ2) is 7.51. The first kappa shape index (κ1) is 17.3. The maximum atomic E-state index is 12.0. The number of hydrogen-bond acceptors (Lipinski definition) is 2. The number of carboxylic acid groups (broad SMARTS) is 1. The summed E-state index contributed by atoms with van der Waals surface area (Å²) in [5.41, 5.74) is 0.960. The molecular weight excluding hydrogens is 316 g/mol. The van der Waals surface area contributed by atoms with Crippen molar-refractivity contribution in [2.24, 2.45) is 5.92 Å². The van der Waals surface area contributed by atoms with Crippen molar-refractivity contribution in [3.63, 3.8) is 0 Å². The van der Waals surface area contributed by atoms with Crippen LogP contribution in [0.4, 0.5) is 0 Å². The highest BCUT2D eigenvalue weighted by Gasteiger charge is 2.20. The molecule has 23 heavy (non-hydrogen) atoms. The van der Waals surface area contributed by atoms with Crippen molar-refractivity contribution in [2.45, 2.75) is 39.3 Å². The molecule has 2 aromatic rings. The SMILES string of the molecule is CC(C)CC(NC(=O)CCn1ccc2ccc(Cl)cc21)C(=O)O. The summed E-state index contributed by atoms with van der Waals surface area (Å²) in [7, 11) is 0. The molecule has 1 unspecified atom stereocenters. The summed E-state index contributed by atoms with van der Waals surface area (Å²) >= 11 is 6.00. The molecule has 124 valence electrons. The van der Waals surface area contributed by atoms with E-state index in [9.17, 15) is 9.59 Å². The largest absolute Gasteiger partial charge is 0.480 e. The molecule has 0 saturated carbocycles. The van der Waals surface area contributed by atoms with Gasteiger partial charge in [0.25, 0.3) is 0 Å². The van der Waals surface area contributed by atoms with Crippen LogP contribution in [0.15, 0.2) is 30.5 Å². The first-order chi connectivity index (χ1) is 10.9. The Morgan fingerprint density at radius 3 is 2.70 bits per heavy atom. The van der Waals surface area contributed by atoms with E-state index in [1.54, 1.807) is 0 Å². The predicted molar refractivity (Wildman–Crippen MR) is 90.6 cm³/mol. The van der Waals surface area contributed by atoms with Crippen molar-refractivity contribution in [2.75, 3.05) is 0 Å². The molecule has 2 rings (SSSR count). The molecule has 0 radical (unpaired) electrons. The molecule has 0 spiro atoms. The minimum absolute atomic E-state index is 0.201. The fraction of sp³-hybridized carbons (Fsp3) is 0.412. The maximum Gasteiger partial charge on any atom is 0.326 e. The van der Waals surface area contributed by atoms with Crippen LogP contribution in [0.5, 0.6) is 0 Å². The van der Waals surface area contributed by atoms with Crippen LogP contribution in [-0.2, 0) is 16.1 Å². The Balaban J connectivity index is 1.97. The van der Waals surface area contributed by atoms with Crippen LogP contribution in [0.2, 0.25) is 5.02 Å². The van der Waals surface area contributed by atoms with Crippen molar-refractivity contribution in [3.8, 4) is 0 Å². The Labute approximate surface area is 140 Å². The zero-order valence-corrected chi connectivity index (χ0v) is 14.0. The normalized spacial score (nSPS) is 12.5. The zero-order valence-electron chi connectivity index (χ0n) is 13.3. The van der Waals surface area contributed by atoms with E-state index < -0.39 is 12.0 Å². The van der Waals surface area contributed by atoms with E-state index in [0.29, 0.717) is 18.0 Å². The van der Waals surface area contributed by atoms with Gasteiger partial charge in [0.2, 0.25) is 5.91 Å². The van der Waals surface area contributed by atoms with Gasteiger partial charge < -0.3 is 15.0 Å². The van der Waals surface area contributed by atoms with E-state index in [0.717, 1.165) is 10.9 Å². The molecule has 1 atom stereocenters. The number of benzene rings is 1. The van der Waals surface area contributed by atoms with Crippen LogP contribution >= 0.6 is 11.6 Å².